The number of amides is 2. The molecule has 0 spiro atoms. The largest absolute Gasteiger partial charge is 0.463 e. The zero-order valence-corrected chi connectivity index (χ0v) is 18.0. The van der Waals surface area contributed by atoms with Crippen molar-refractivity contribution in [3.63, 3.8) is 0 Å². The van der Waals surface area contributed by atoms with Gasteiger partial charge in [0.05, 0.1) is 30.6 Å². The number of carbonyl (C=O) groups excluding carboxylic acids is 2. The van der Waals surface area contributed by atoms with Crippen LogP contribution in [0.25, 0.3) is 11.1 Å². The Kier molecular flexibility index (Phi) is 4.84. The quantitative estimate of drug-likeness (QED) is 0.697. The summed E-state index contributed by atoms with van der Waals surface area (Å²) < 4.78 is 7.44. The second-order valence-corrected chi connectivity index (χ2v) is 9.20. The Balaban J connectivity index is 1.50. The molecule has 1 aliphatic heterocycles. The van der Waals surface area contributed by atoms with Crippen molar-refractivity contribution in [2.45, 2.75) is 64.2 Å². The zero-order valence-electron chi connectivity index (χ0n) is 18.0. The molecule has 5 rings (SSSR count). The van der Waals surface area contributed by atoms with E-state index < -0.39 is 5.54 Å². The summed E-state index contributed by atoms with van der Waals surface area (Å²) in [5.74, 6) is 0.419. The zero-order chi connectivity index (χ0) is 21.6. The van der Waals surface area contributed by atoms with Crippen molar-refractivity contribution in [2.75, 3.05) is 0 Å². The number of rotatable bonds is 4. The number of fused-ring (bicyclic) bond motifs is 3. The van der Waals surface area contributed by atoms with E-state index >= 15 is 0 Å². The lowest BCUT2D eigenvalue weighted by Gasteiger charge is -2.44. The molecule has 3 aromatic rings. The lowest BCUT2D eigenvalue weighted by atomic mass is 9.86. The molecule has 1 N–H and O–H groups in total. The first kappa shape index (κ1) is 19.8. The first-order chi connectivity index (χ1) is 15.0. The van der Waals surface area contributed by atoms with Crippen molar-refractivity contribution in [1.82, 2.24) is 19.8 Å². The molecule has 0 bridgehead atoms. The highest BCUT2D eigenvalue weighted by molar-refractivity contribution is 6.02. The molecule has 3 aromatic heterocycles. The van der Waals surface area contributed by atoms with Gasteiger partial charge in [0.25, 0.3) is 5.91 Å². The highest BCUT2D eigenvalue weighted by Crippen LogP contribution is 2.34. The Morgan fingerprint density at radius 2 is 2.06 bits per heavy atom. The summed E-state index contributed by atoms with van der Waals surface area (Å²) >= 11 is 0. The van der Waals surface area contributed by atoms with E-state index in [2.05, 4.69) is 17.2 Å². The van der Waals surface area contributed by atoms with Gasteiger partial charge in [-0.05, 0) is 50.7 Å². The van der Waals surface area contributed by atoms with E-state index in [1.165, 1.54) is 0 Å². The molecule has 1 atom stereocenters. The first-order valence-corrected chi connectivity index (χ1v) is 11.1. The summed E-state index contributed by atoms with van der Waals surface area (Å²) in [5, 5.41) is 3.26. The Labute approximate surface area is 181 Å². The third-order valence-electron chi connectivity index (χ3n) is 6.94. The minimum absolute atomic E-state index is 0.104. The molecule has 7 heteroatoms. The van der Waals surface area contributed by atoms with Gasteiger partial charge < -0.3 is 19.2 Å². The van der Waals surface area contributed by atoms with E-state index in [4.69, 9.17) is 4.42 Å². The third-order valence-corrected chi connectivity index (χ3v) is 6.94. The molecule has 31 heavy (non-hydrogen) atoms. The van der Waals surface area contributed by atoms with Gasteiger partial charge in [-0.25, -0.2) is 0 Å². The molecule has 0 aromatic carbocycles. The standard InChI is InChI=1S/C24H28N4O3/c1-16-6-8-17(9-7-16)26-23(30)24(2)15-27-19-10-12-31-21(19)13-20(27)22(29)28(24)14-18-5-3-4-11-25-18/h3-5,10-13,16-17H,6-9,14-15H2,1-2H3,(H,26,30). The van der Waals surface area contributed by atoms with Gasteiger partial charge in [0, 0.05) is 24.4 Å². The summed E-state index contributed by atoms with van der Waals surface area (Å²) in [6.07, 6.45) is 7.53. The van der Waals surface area contributed by atoms with Gasteiger partial charge in [-0.15, -0.1) is 0 Å². The smallest absolute Gasteiger partial charge is 0.271 e. The van der Waals surface area contributed by atoms with E-state index in [-0.39, 0.29) is 24.4 Å². The van der Waals surface area contributed by atoms with Crippen LogP contribution < -0.4 is 5.32 Å². The second-order valence-electron chi connectivity index (χ2n) is 9.20. The number of nitrogens with one attached hydrogen (secondary N) is 1. The summed E-state index contributed by atoms with van der Waals surface area (Å²) in [5.41, 5.74) is 1.76. The highest BCUT2D eigenvalue weighted by Gasteiger charge is 2.48. The lowest BCUT2D eigenvalue weighted by Crippen LogP contribution is -2.64. The average molecular weight is 421 g/mol. The van der Waals surface area contributed by atoms with E-state index in [9.17, 15) is 9.59 Å². The van der Waals surface area contributed by atoms with Crippen molar-refractivity contribution in [1.29, 1.82) is 0 Å². The molecule has 2 aliphatic rings. The summed E-state index contributed by atoms with van der Waals surface area (Å²) in [6.45, 7) is 4.78. The van der Waals surface area contributed by atoms with Crippen LogP contribution in [0.4, 0.5) is 0 Å². The maximum absolute atomic E-state index is 13.7. The van der Waals surface area contributed by atoms with Gasteiger partial charge in [-0.2, -0.15) is 0 Å². The Hall–Kier alpha value is -3.09. The lowest BCUT2D eigenvalue weighted by molar-refractivity contribution is -0.134. The molecular weight excluding hydrogens is 392 g/mol. The van der Waals surface area contributed by atoms with Crippen molar-refractivity contribution >= 4 is 22.9 Å². The number of nitrogens with zero attached hydrogens (tertiary/aromatic N) is 3. The maximum atomic E-state index is 13.7. The van der Waals surface area contributed by atoms with Crippen LogP contribution in [-0.4, -0.2) is 37.8 Å². The average Bonchev–Trinajstić information content (AvgIpc) is 3.36. The molecule has 4 heterocycles. The number of furan rings is 1. The van der Waals surface area contributed by atoms with Crippen LogP contribution in [0, 0.1) is 5.92 Å². The fraction of sp³-hybridized carbons (Fsp3) is 0.458. The van der Waals surface area contributed by atoms with Gasteiger partial charge in [0.1, 0.15) is 11.2 Å². The van der Waals surface area contributed by atoms with Gasteiger partial charge in [0.15, 0.2) is 5.58 Å². The summed E-state index contributed by atoms with van der Waals surface area (Å²) in [4.78, 5) is 33.3. The number of pyridine rings is 1. The van der Waals surface area contributed by atoms with Crippen LogP contribution in [0.15, 0.2) is 47.2 Å². The molecule has 1 unspecified atom stereocenters. The van der Waals surface area contributed by atoms with Gasteiger partial charge in [0.2, 0.25) is 5.91 Å². The Morgan fingerprint density at radius 1 is 1.26 bits per heavy atom. The van der Waals surface area contributed by atoms with E-state index in [1.54, 1.807) is 23.4 Å². The number of hydrogen-bond donors (Lipinski definition) is 1. The van der Waals surface area contributed by atoms with Gasteiger partial charge in [-0.1, -0.05) is 13.0 Å². The van der Waals surface area contributed by atoms with Crippen molar-refractivity contribution < 1.29 is 14.0 Å². The predicted octanol–water partition coefficient (Wildman–Crippen LogP) is 3.74. The molecular formula is C24H28N4O3. The van der Waals surface area contributed by atoms with Crippen molar-refractivity contribution in [3.8, 4) is 0 Å². The van der Waals surface area contributed by atoms with Crippen molar-refractivity contribution in [2.24, 2.45) is 5.92 Å². The highest BCUT2D eigenvalue weighted by atomic mass is 16.3. The Bertz CT molecular complexity index is 1110. The SMILES string of the molecule is CC1CCC(NC(=O)C2(C)Cn3c(cc4occc43)C(=O)N2Cc2ccccn2)CC1. The van der Waals surface area contributed by atoms with Crippen LogP contribution in [0.2, 0.25) is 0 Å². The van der Waals surface area contributed by atoms with E-state index in [1.807, 2.05) is 35.8 Å². The molecule has 162 valence electrons. The number of carbonyl (C=O) groups is 2. The van der Waals surface area contributed by atoms with E-state index in [0.29, 0.717) is 23.7 Å². The summed E-state index contributed by atoms with van der Waals surface area (Å²) in [7, 11) is 0. The second kappa shape index (κ2) is 7.55. The number of aromatic nitrogens is 2. The van der Waals surface area contributed by atoms with Crippen LogP contribution in [-0.2, 0) is 17.9 Å². The molecule has 0 saturated heterocycles. The predicted molar refractivity (Wildman–Crippen MR) is 116 cm³/mol. The van der Waals surface area contributed by atoms with Crippen LogP contribution in [0.5, 0.6) is 0 Å². The molecule has 0 radical (unpaired) electrons. The van der Waals surface area contributed by atoms with Gasteiger partial charge in [-0.3, -0.25) is 14.6 Å². The maximum Gasteiger partial charge on any atom is 0.271 e. The molecule has 1 fully saturated rings. The fourth-order valence-corrected chi connectivity index (χ4v) is 4.92. The van der Waals surface area contributed by atoms with Crippen molar-refractivity contribution in [3.05, 3.63) is 54.2 Å². The normalized spacial score (nSPS) is 26.1. The minimum atomic E-state index is -1.03. The molecule has 7 nitrogen and oxygen atoms in total. The van der Waals surface area contributed by atoms with Crippen LogP contribution in [0.3, 0.4) is 0 Å². The van der Waals surface area contributed by atoms with Crippen LogP contribution >= 0.6 is 0 Å². The molecule has 1 aliphatic carbocycles. The third kappa shape index (κ3) is 3.42. The van der Waals surface area contributed by atoms with Gasteiger partial charge >= 0.3 is 0 Å². The Morgan fingerprint density at radius 3 is 2.81 bits per heavy atom. The topological polar surface area (TPSA) is 80.4 Å². The number of hydrogen-bond acceptors (Lipinski definition) is 4. The van der Waals surface area contributed by atoms with Crippen LogP contribution in [0.1, 0.15) is 55.7 Å². The summed E-state index contributed by atoms with van der Waals surface area (Å²) in [6, 6.07) is 9.40. The minimum Gasteiger partial charge on any atom is -0.463 e. The fourth-order valence-electron chi connectivity index (χ4n) is 4.92. The first-order valence-electron chi connectivity index (χ1n) is 11.1. The molecule has 2 amide bonds. The molecule has 1 saturated carbocycles. The van der Waals surface area contributed by atoms with E-state index in [0.717, 1.165) is 36.9 Å². The monoisotopic (exact) mass is 420 g/mol.